The molecule has 0 aliphatic carbocycles. The molecule has 5 nitrogen and oxygen atoms in total. The molecule has 0 saturated carbocycles. The van der Waals surface area contributed by atoms with Crippen molar-refractivity contribution in [3.05, 3.63) is 69.7 Å². The molecule has 2 saturated heterocycles. The fraction of sp³-hybridized carbons (Fsp3) is 0.333. The van der Waals surface area contributed by atoms with Crippen LogP contribution in [0.4, 0.5) is 0 Å². The number of piperazine rings is 1. The summed E-state index contributed by atoms with van der Waals surface area (Å²) in [5.41, 5.74) is 2.09. The Morgan fingerprint density at radius 2 is 1.57 bits per heavy atom. The predicted octanol–water partition coefficient (Wildman–Crippen LogP) is 2.79. The number of nitrogens with zero attached hydrogens (tertiary/aromatic N) is 1. The number of amides is 2. The average molecular weight is 418 g/mol. The molecule has 2 aliphatic rings. The first-order valence-corrected chi connectivity index (χ1v) is 10.1. The summed E-state index contributed by atoms with van der Waals surface area (Å²) in [4.78, 5) is 27.2. The summed E-state index contributed by atoms with van der Waals surface area (Å²) in [6.45, 7) is 1.22. The SMILES string of the molecule is O=C1N[C@@H](Cc2ccc(Cl)cc2)C(=O)N2C[C@@H](NCc3ccc(Cl)cc3)C[C@@H]12. The van der Waals surface area contributed by atoms with Crippen molar-refractivity contribution in [2.24, 2.45) is 0 Å². The highest BCUT2D eigenvalue weighted by atomic mass is 35.5. The van der Waals surface area contributed by atoms with E-state index < -0.39 is 12.1 Å². The van der Waals surface area contributed by atoms with Crippen LogP contribution in [-0.4, -0.2) is 41.4 Å². The molecule has 2 heterocycles. The van der Waals surface area contributed by atoms with E-state index in [0.717, 1.165) is 11.1 Å². The molecule has 2 aromatic carbocycles. The normalized spacial score (nSPS) is 24.2. The van der Waals surface area contributed by atoms with Crippen LogP contribution in [0.25, 0.3) is 0 Å². The first-order chi connectivity index (χ1) is 13.5. The Balaban J connectivity index is 1.38. The molecule has 2 fully saturated rings. The lowest BCUT2D eigenvalue weighted by Crippen LogP contribution is -2.61. The van der Waals surface area contributed by atoms with Gasteiger partial charge in [0.2, 0.25) is 11.8 Å². The van der Waals surface area contributed by atoms with Gasteiger partial charge >= 0.3 is 0 Å². The second kappa shape index (κ2) is 8.11. The van der Waals surface area contributed by atoms with Crippen LogP contribution in [0.15, 0.2) is 48.5 Å². The summed E-state index contributed by atoms with van der Waals surface area (Å²) in [5.74, 6) is -0.0929. The lowest BCUT2D eigenvalue weighted by Gasteiger charge is -2.34. The number of halogens is 2. The maximum atomic E-state index is 12.9. The largest absolute Gasteiger partial charge is 0.342 e. The van der Waals surface area contributed by atoms with E-state index in [9.17, 15) is 9.59 Å². The summed E-state index contributed by atoms with van der Waals surface area (Å²) in [7, 11) is 0. The molecule has 0 spiro atoms. The van der Waals surface area contributed by atoms with E-state index in [-0.39, 0.29) is 17.9 Å². The van der Waals surface area contributed by atoms with Gasteiger partial charge in [-0.2, -0.15) is 0 Å². The van der Waals surface area contributed by atoms with Gasteiger partial charge < -0.3 is 15.5 Å². The molecule has 0 bridgehead atoms. The van der Waals surface area contributed by atoms with Crippen molar-refractivity contribution in [2.45, 2.75) is 37.5 Å². The zero-order valence-electron chi connectivity index (χ0n) is 15.2. The highest BCUT2D eigenvalue weighted by Crippen LogP contribution is 2.24. The van der Waals surface area contributed by atoms with Crippen LogP contribution >= 0.6 is 23.2 Å². The predicted molar refractivity (Wildman–Crippen MR) is 109 cm³/mol. The monoisotopic (exact) mass is 417 g/mol. The minimum atomic E-state index is -0.528. The van der Waals surface area contributed by atoms with Crippen LogP contribution in [0.2, 0.25) is 10.0 Å². The number of carbonyl (C=O) groups is 2. The molecule has 7 heteroatoms. The van der Waals surface area contributed by atoms with Gasteiger partial charge in [-0.25, -0.2) is 0 Å². The van der Waals surface area contributed by atoms with E-state index in [1.807, 2.05) is 36.4 Å². The van der Waals surface area contributed by atoms with Crippen LogP contribution in [0, 0.1) is 0 Å². The average Bonchev–Trinajstić information content (AvgIpc) is 3.12. The summed E-state index contributed by atoms with van der Waals surface area (Å²) in [6, 6.07) is 14.2. The fourth-order valence-corrected chi connectivity index (χ4v) is 4.12. The van der Waals surface area contributed by atoms with Gasteiger partial charge in [0.15, 0.2) is 0 Å². The standard InChI is InChI=1S/C21H21Cl2N3O2/c22-15-5-1-13(2-6-15)9-18-21(28)26-12-17(10-19(26)20(27)25-18)24-11-14-3-7-16(23)8-4-14/h1-8,17-19,24H,9-12H2,(H,25,27)/t17-,18-,19-/m0/s1. The van der Waals surface area contributed by atoms with Crippen LogP contribution in [0.3, 0.4) is 0 Å². The van der Waals surface area contributed by atoms with Gasteiger partial charge in [0.1, 0.15) is 12.1 Å². The summed E-state index contributed by atoms with van der Waals surface area (Å²) >= 11 is 11.8. The Morgan fingerprint density at radius 1 is 0.964 bits per heavy atom. The van der Waals surface area contributed by atoms with Crippen molar-refractivity contribution in [1.29, 1.82) is 0 Å². The molecule has 2 aromatic rings. The van der Waals surface area contributed by atoms with Gasteiger partial charge in [-0.15, -0.1) is 0 Å². The summed E-state index contributed by atoms with van der Waals surface area (Å²) < 4.78 is 0. The second-order valence-corrected chi connectivity index (χ2v) is 8.21. The van der Waals surface area contributed by atoms with Crippen molar-refractivity contribution in [1.82, 2.24) is 15.5 Å². The molecule has 28 heavy (non-hydrogen) atoms. The number of rotatable bonds is 5. The Kier molecular flexibility index (Phi) is 5.58. The first-order valence-electron chi connectivity index (χ1n) is 9.33. The van der Waals surface area contributed by atoms with Gasteiger partial charge in [-0.1, -0.05) is 47.5 Å². The molecular weight excluding hydrogens is 397 g/mol. The van der Waals surface area contributed by atoms with Crippen molar-refractivity contribution in [3.63, 3.8) is 0 Å². The van der Waals surface area contributed by atoms with Crippen molar-refractivity contribution >= 4 is 35.0 Å². The Hall–Kier alpha value is -2.08. The Labute approximate surface area is 174 Å². The van der Waals surface area contributed by atoms with E-state index in [2.05, 4.69) is 10.6 Å². The third kappa shape index (κ3) is 4.17. The molecule has 2 N–H and O–H groups in total. The lowest BCUT2D eigenvalue weighted by molar-refractivity contribution is -0.147. The number of fused-ring (bicyclic) bond motifs is 1. The van der Waals surface area contributed by atoms with Gasteiger partial charge in [-0.3, -0.25) is 9.59 Å². The topological polar surface area (TPSA) is 61.4 Å². The van der Waals surface area contributed by atoms with Gasteiger partial charge in [0, 0.05) is 35.6 Å². The van der Waals surface area contributed by atoms with Crippen molar-refractivity contribution in [2.75, 3.05) is 6.54 Å². The van der Waals surface area contributed by atoms with Crippen LogP contribution < -0.4 is 10.6 Å². The second-order valence-electron chi connectivity index (χ2n) is 7.34. The quantitative estimate of drug-likeness (QED) is 0.785. The van der Waals surface area contributed by atoms with Crippen LogP contribution in [0.1, 0.15) is 17.5 Å². The number of hydrogen-bond donors (Lipinski definition) is 2. The van der Waals surface area contributed by atoms with E-state index in [1.54, 1.807) is 17.0 Å². The van der Waals surface area contributed by atoms with E-state index in [1.165, 1.54) is 0 Å². The molecular formula is C21H21Cl2N3O2. The van der Waals surface area contributed by atoms with E-state index >= 15 is 0 Å². The smallest absolute Gasteiger partial charge is 0.246 e. The summed E-state index contributed by atoms with van der Waals surface area (Å²) in [6.07, 6.45) is 1.09. The Morgan fingerprint density at radius 3 is 2.21 bits per heavy atom. The molecule has 146 valence electrons. The van der Waals surface area contributed by atoms with Crippen LogP contribution in [0.5, 0.6) is 0 Å². The van der Waals surface area contributed by atoms with Crippen molar-refractivity contribution < 1.29 is 9.59 Å². The number of carbonyl (C=O) groups excluding carboxylic acids is 2. The maximum absolute atomic E-state index is 12.9. The Bertz CT molecular complexity index is 870. The fourth-order valence-electron chi connectivity index (χ4n) is 3.86. The zero-order valence-corrected chi connectivity index (χ0v) is 16.7. The molecule has 4 rings (SSSR count). The first kappa shape index (κ1) is 19.2. The molecule has 2 aliphatic heterocycles. The number of benzene rings is 2. The van der Waals surface area contributed by atoms with Gasteiger partial charge in [0.05, 0.1) is 0 Å². The van der Waals surface area contributed by atoms with Crippen molar-refractivity contribution in [3.8, 4) is 0 Å². The zero-order chi connectivity index (χ0) is 19.7. The maximum Gasteiger partial charge on any atom is 0.246 e. The number of hydrogen-bond acceptors (Lipinski definition) is 3. The highest BCUT2D eigenvalue weighted by molar-refractivity contribution is 6.30. The van der Waals surface area contributed by atoms with E-state index in [4.69, 9.17) is 23.2 Å². The molecule has 0 aromatic heterocycles. The molecule has 2 amide bonds. The van der Waals surface area contributed by atoms with Crippen LogP contribution in [-0.2, 0) is 22.6 Å². The van der Waals surface area contributed by atoms with E-state index in [0.29, 0.717) is 36.0 Å². The summed E-state index contributed by atoms with van der Waals surface area (Å²) in [5, 5.41) is 7.70. The third-order valence-corrected chi connectivity index (χ3v) is 5.87. The highest BCUT2D eigenvalue weighted by Gasteiger charge is 2.46. The molecule has 3 atom stereocenters. The minimum absolute atomic E-state index is 0.0182. The minimum Gasteiger partial charge on any atom is -0.342 e. The molecule has 0 radical (unpaired) electrons. The lowest BCUT2D eigenvalue weighted by atomic mass is 10.0. The van der Waals surface area contributed by atoms with Gasteiger partial charge in [0.25, 0.3) is 0 Å². The number of nitrogens with one attached hydrogen (secondary N) is 2. The molecule has 0 unspecified atom stereocenters. The van der Waals surface area contributed by atoms with Gasteiger partial charge in [-0.05, 0) is 41.8 Å². The third-order valence-electron chi connectivity index (χ3n) is 5.36.